The summed E-state index contributed by atoms with van der Waals surface area (Å²) in [5, 5.41) is 8.92. The van der Waals surface area contributed by atoms with Crippen molar-refractivity contribution in [2.24, 2.45) is 5.92 Å². The molecule has 1 unspecified atom stereocenters. The van der Waals surface area contributed by atoms with E-state index in [-0.39, 0.29) is 5.02 Å². The molecule has 0 fully saturated rings. The average Bonchev–Trinajstić information content (AvgIpc) is 2.32. The SMILES string of the molecule is C=CCN(CC(C)C(=O)O)c1ccc(F)c(Cl)c1. The minimum absolute atomic E-state index is 0.0181. The molecule has 0 saturated carbocycles. The Morgan fingerprint density at radius 3 is 2.83 bits per heavy atom. The van der Waals surface area contributed by atoms with E-state index in [1.54, 1.807) is 24.0 Å². The third-order valence-electron chi connectivity index (χ3n) is 2.53. The lowest BCUT2D eigenvalue weighted by Gasteiger charge is -2.25. The van der Waals surface area contributed by atoms with E-state index in [9.17, 15) is 9.18 Å². The van der Waals surface area contributed by atoms with Crippen LogP contribution in [0, 0.1) is 11.7 Å². The Balaban J connectivity index is 2.92. The van der Waals surface area contributed by atoms with Gasteiger partial charge < -0.3 is 10.0 Å². The van der Waals surface area contributed by atoms with Gasteiger partial charge in [-0.05, 0) is 18.2 Å². The fourth-order valence-electron chi connectivity index (χ4n) is 1.53. The maximum absolute atomic E-state index is 13.1. The van der Waals surface area contributed by atoms with E-state index in [4.69, 9.17) is 16.7 Å². The topological polar surface area (TPSA) is 40.5 Å². The Labute approximate surface area is 110 Å². The Bertz CT molecular complexity index is 451. The molecule has 0 heterocycles. The largest absolute Gasteiger partial charge is 0.481 e. The van der Waals surface area contributed by atoms with E-state index >= 15 is 0 Å². The molecular formula is C13H15ClFNO2. The fourth-order valence-corrected chi connectivity index (χ4v) is 1.71. The van der Waals surface area contributed by atoms with E-state index in [0.717, 1.165) is 0 Å². The second kappa shape index (κ2) is 6.40. The van der Waals surface area contributed by atoms with Gasteiger partial charge in [0.1, 0.15) is 5.82 Å². The van der Waals surface area contributed by atoms with Crippen molar-refractivity contribution in [3.8, 4) is 0 Å². The van der Waals surface area contributed by atoms with Gasteiger partial charge in [-0.2, -0.15) is 0 Å². The first-order chi connectivity index (χ1) is 8.45. The molecular weight excluding hydrogens is 257 g/mol. The lowest BCUT2D eigenvalue weighted by molar-refractivity contribution is -0.140. The highest BCUT2D eigenvalue weighted by atomic mass is 35.5. The van der Waals surface area contributed by atoms with Crippen molar-refractivity contribution < 1.29 is 14.3 Å². The van der Waals surface area contributed by atoms with Crippen molar-refractivity contribution in [1.82, 2.24) is 0 Å². The summed E-state index contributed by atoms with van der Waals surface area (Å²) in [4.78, 5) is 12.6. The van der Waals surface area contributed by atoms with Crippen LogP contribution in [0.2, 0.25) is 5.02 Å². The van der Waals surface area contributed by atoms with E-state index in [1.807, 2.05) is 0 Å². The zero-order valence-corrected chi connectivity index (χ0v) is 10.8. The van der Waals surface area contributed by atoms with Gasteiger partial charge >= 0.3 is 5.97 Å². The van der Waals surface area contributed by atoms with E-state index in [1.165, 1.54) is 12.1 Å². The molecule has 0 amide bonds. The maximum Gasteiger partial charge on any atom is 0.308 e. The highest BCUT2D eigenvalue weighted by Gasteiger charge is 2.16. The van der Waals surface area contributed by atoms with Crippen LogP contribution in [0.3, 0.4) is 0 Å². The Morgan fingerprint density at radius 2 is 2.33 bits per heavy atom. The number of hydrogen-bond acceptors (Lipinski definition) is 2. The Morgan fingerprint density at radius 1 is 1.67 bits per heavy atom. The summed E-state index contributed by atoms with van der Waals surface area (Å²) in [7, 11) is 0. The quantitative estimate of drug-likeness (QED) is 0.808. The van der Waals surface area contributed by atoms with Gasteiger partial charge in [-0.15, -0.1) is 6.58 Å². The lowest BCUT2D eigenvalue weighted by Crippen LogP contribution is -2.32. The van der Waals surface area contributed by atoms with Gasteiger partial charge in [0, 0.05) is 18.8 Å². The van der Waals surface area contributed by atoms with Gasteiger partial charge in [-0.1, -0.05) is 24.6 Å². The van der Waals surface area contributed by atoms with Gasteiger partial charge in [0.15, 0.2) is 0 Å². The summed E-state index contributed by atoms with van der Waals surface area (Å²) >= 11 is 5.71. The second-order valence-electron chi connectivity index (χ2n) is 4.03. The van der Waals surface area contributed by atoms with Crippen LogP contribution in [0.4, 0.5) is 10.1 Å². The number of hydrogen-bond donors (Lipinski definition) is 1. The molecule has 1 rings (SSSR count). The monoisotopic (exact) mass is 271 g/mol. The van der Waals surface area contributed by atoms with Crippen molar-refractivity contribution in [2.45, 2.75) is 6.92 Å². The number of anilines is 1. The van der Waals surface area contributed by atoms with E-state index in [0.29, 0.717) is 18.8 Å². The number of halogens is 2. The molecule has 3 nitrogen and oxygen atoms in total. The van der Waals surface area contributed by atoms with Crippen molar-refractivity contribution in [2.75, 3.05) is 18.0 Å². The summed E-state index contributed by atoms with van der Waals surface area (Å²) in [6.07, 6.45) is 1.66. The predicted octanol–water partition coefficient (Wildman–Crippen LogP) is 3.19. The molecule has 0 saturated heterocycles. The van der Waals surface area contributed by atoms with Crippen LogP contribution in [-0.2, 0) is 4.79 Å². The highest BCUT2D eigenvalue weighted by molar-refractivity contribution is 6.31. The molecule has 0 spiro atoms. The van der Waals surface area contributed by atoms with Gasteiger partial charge in [-0.25, -0.2) is 4.39 Å². The molecule has 1 atom stereocenters. The lowest BCUT2D eigenvalue weighted by atomic mass is 10.1. The first-order valence-electron chi connectivity index (χ1n) is 5.49. The third-order valence-corrected chi connectivity index (χ3v) is 2.82. The minimum atomic E-state index is -0.878. The van der Waals surface area contributed by atoms with Crippen LogP contribution in [0.1, 0.15) is 6.92 Å². The average molecular weight is 272 g/mol. The maximum atomic E-state index is 13.1. The van der Waals surface area contributed by atoms with Crippen LogP contribution in [0.25, 0.3) is 0 Å². The van der Waals surface area contributed by atoms with Crippen molar-refractivity contribution in [3.05, 3.63) is 41.7 Å². The molecule has 1 N–H and O–H groups in total. The number of aliphatic carboxylic acids is 1. The summed E-state index contributed by atoms with van der Waals surface area (Å²) < 4.78 is 13.1. The van der Waals surface area contributed by atoms with Crippen molar-refractivity contribution >= 4 is 23.3 Å². The first-order valence-corrected chi connectivity index (χ1v) is 5.87. The standard InChI is InChI=1S/C13H15ClFNO2/c1-3-6-16(8-9(2)13(17)18)10-4-5-12(15)11(14)7-10/h3-5,7,9H,1,6,8H2,2H3,(H,17,18). The van der Waals surface area contributed by atoms with Gasteiger partial charge in [0.05, 0.1) is 10.9 Å². The number of benzene rings is 1. The molecule has 0 radical (unpaired) electrons. The van der Waals surface area contributed by atoms with Gasteiger partial charge in [0.2, 0.25) is 0 Å². The molecule has 5 heteroatoms. The first kappa shape index (κ1) is 14.5. The van der Waals surface area contributed by atoms with Crippen LogP contribution in [-0.4, -0.2) is 24.2 Å². The van der Waals surface area contributed by atoms with E-state index < -0.39 is 17.7 Å². The third kappa shape index (κ3) is 3.74. The molecule has 0 aliphatic rings. The number of carboxylic acids is 1. The highest BCUT2D eigenvalue weighted by Crippen LogP contribution is 2.23. The zero-order valence-electron chi connectivity index (χ0n) is 10.1. The van der Waals surface area contributed by atoms with Crippen LogP contribution in [0.5, 0.6) is 0 Å². The normalized spacial score (nSPS) is 11.9. The Hall–Kier alpha value is -1.55. The molecule has 0 aromatic heterocycles. The number of nitrogens with zero attached hydrogens (tertiary/aromatic N) is 1. The van der Waals surface area contributed by atoms with Crippen LogP contribution < -0.4 is 4.90 Å². The second-order valence-corrected chi connectivity index (χ2v) is 4.44. The molecule has 0 aliphatic heterocycles. The number of rotatable bonds is 6. The fraction of sp³-hybridized carbons (Fsp3) is 0.308. The molecule has 1 aromatic rings. The molecule has 18 heavy (non-hydrogen) atoms. The predicted molar refractivity (Wildman–Crippen MR) is 70.6 cm³/mol. The molecule has 0 bridgehead atoms. The van der Waals surface area contributed by atoms with Gasteiger partial charge in [0.25, 0.3) is 0 Å². The summed E-state index contributed by atoms with van der Waals surface area (Å²) in [6, 6.07) is 4.31. The summed E-state index contributed by atoms with van der Waals surface area (Å²) in [5.74, 6) is -1.91. The molecule has 98 valence electrons. The number of carbonyl (C=O) groups is 1. The van der Waals surface area contributed by atoms with Crippen LogP contribution in [0.15, 0.2) is 30.9 Å². The zero-order chi connectivity index (χ0) is 13.7. The smallest absolute Gasteiger partial charge is 0.308 e. The minimum Gasteiger partial charge on any atom is -0.481 e. The molecule has 1 aromatic carbocycles. The molecule has 0 aliphatic carbocycles. The summed E-state index contributed by atoms with van der Waals surface area (Å²) in [6.45, 7) is 6.02. The van der Waals surface area contributed by atoms with Gasteiger partial charge in [-0.3, -0.25) is 4.79 Å². The van der Waals surface area contributed by atoms with Crippen molar-refractivity contribution in [3.63, 3.8) is 0 Å². The summed E-state index contributed by atoms with van der Waals surface area (Å²) in [5.41, 5.74) is 0.675. The number of carboxylic acid groups (broad SMARTS) is 1. The Kier molecular flexibility index (Phi) is 5.16. The van der Waals surface area contributed by atoms with E-state index in [2.05, 4.69) is 6.58 Å². The van der Waals surface area contributed by atoms with Crippen LogP contribution >= 0.6 is 11.6 Å². The van der Waals surface area contributed by atoms with Crippen molar-refractivity contribution in [1.29, 1.82) is 0 Å².